The number of nitrogens with zero attached hydrogens (tertiary/aromatic N) is 1. The van der Waals surface area contributed by atoms with E-state index in [0.29, 0.717) is 18.4 Å². The molecule has 3 rings (SSSR count). The van der Waals surface area contributed by atoms with E-state index in [2.05, 4.69) is 5.32 Å². The first-order valence-electron chi connectivity index (χ1n) is 8.82. The Labute approximate surface area is 159 Å². The second kappa shape index (κ2) is 7.40. The lowest BCUT2D eigenvalue weighted by molar-refractivity contribution is -0.130. The summed E-state index contributed by atoms with van der Waals surface area (Å²) < 4.78 is 39.4. The minimum atomic E-state index is -3.60. The van der Waals surface area contributed by atoms with Gasteiger partial charge >= 0.3 is 0 Å². The molecular weight excluding hydrogens is 367 g/mol. The predicted octanol–water partition coefficient (Wildman–Crippen LogP) is 2.81. The average Bonchev–Trinajstić information content (AvgIpc) is 2.60. The summed E-state index contributed by atoms with van der Waals surface area (Å²) in [5.74, 6) is -0.492. The second-order valence-electron chi connectivity index (χ2n) is 7.02. The number of hydrogen-bond donors (Lipinski definition) is 1. The van der Waals surface area contributed by atoms with E-state index in [1.165, 1.54) is 32.3 Å². The summed E-state index contributed by atoms with van der Waals surface area (Å²) in [7, 11) is -0.649. The molecule has 1 saturated carbocycles. The molecule has 5 nitrogen and oxygen atoms in total. The molecule has 0 aromatic heterocycles. The molecule has 0 saturated heterocycles. The van der Waals surface area contributed by atoms with Crippen molar-refractivity contribution in [2.45, 2.75) is 36.1 Å². The van der Waals surface area contributed by atoms with Gasteiger partial charge in [0.05, 0.1) is 10.3 Å². The van der Waals surface area contributed by atoms with Crippen LogP contribution in [0.1, 0.15) is 30.4 Å². The van der Waals surface area contributed by atoms with Gasteiger partial charge in [0, 0.05) is 20.6 Å². The smallest absolute Gasteiger partial charge is 0.242 e. The maximum absolute atomic E-state index is 13.2. The zero-order valence-corrected chi connectivity index (χ0v) is 16.2. The summed E-state index contributed by atoms with van der Waals surface area (Å²) in [5, 5.41) is 2.89. The molecule has 7 heteroatoms. The number of sulfonamides is 1. The molecule has 1 N–H and O–H groups in total. The lowest BCUT2D eigenvalue weighted by Crippen LogP contribution is -2.49. The van der Waals surface area contributed by atoms with Crippen molar-refractivity contribution in [3.8, 4) is 0 Å². The van der Waals surface area contributed by atoms with Crippen LogP contribution in [0.15, 0.2) is 53.4 Å². The quantitative estimate of drug-likeness (QED) is 0.825. The van der Waals surface area contributed by atoms with Crippen LogP contribution in [0.5, 0.6) is 0 Å². The van der Waals surface area contributed by atoms with E-state index < -0.39 is 15.4 Å². The van der Waals surface area contributed by atoms with Crippen LogP contribution in [0.3, 0.4) is 0 Å². The highest BCUT2D eigenvalue weighted by Gasteiger charge is 2.45. The lowest BCUT2D eigenvalue weighted by Gasteiger charge is -2.40. The summed E-state index contributed by atoms with van der Waals surface area (Å²) in [5.41, 5.74) is 0.665. The molecule has 1 amide bonds. The highest BCUT2D eigenvalue weighted by Crippen LogP contribution is 2.44. The van der Waals surface area contributed by atoms with Gasteiger partial charge in [-0.1, -0.05) is 36.8 Å². The van der Waals surface area contributed by atoms with Crippen LogP contribution in [-0.2, 0) is 26.8 Å². The van der Waals surface area contributed by atoms with E-state index in [1.807, 2.05) is 0 Å². The van der Waals surface area contributed by atoms with E-state index in [1.54, 1.807) is 30.3 Å². The third-order valence-electron chi connectivity index (χ3n) is 5.21. The van der Waals surface area contributed by atoms with Crippen LogP contribution in [0.2, 0.25) is 0 Å². The molecule has 0 bridgehead atoms. The molecule has 2 aromatic carbocycles. The number of carbonyl (C=O) groups excluding carboxylic acids is 1. The molecule has 1 aliphatic carbocycles. The van der Waals surface area contributed by atoms with Crippen LogP contribution in [0, 0.1) is 5.82 Å². The van der Waals surface area contributed by atoms with Crippen molar-refractivity contribution >= 4 is 15.9 Å². The van der Waals surface area contributed by atoms with Gasteiger partial charge in [-0.3, -0.25) is 4.79 Å². The SMILES string of the molecule is CN(C)S(=O)(=O)c1ccccc1CNC(=O)C1(c2ccc(F)cc2)CCC1. The highest BCUT2D eigenvalue weighted by molar-refractivity contribution is 7.89. The van der Waals surface area contributed by atoms with Crippen molar-refractivity contribution in [3.63, 3.8) is 0 Å². The fourth-order valence-corrected chi connectivity index (χ4v) is 4.50. The fraction of sp³-hybridized carbons (Fsp3) is 0.350. The minimum Gasteiger partial charge on any atom is -0.351 e. The van der Waals surface area contributed by atoms with Gasteiger partial charge in [0.25, 0.3) is 0 Å². The maximum Gasteiger partial charge on any atom is 0.242 e. The molecule has 27 heavy (non-hydrogen) atoms. The van der Waals surface area contributed by atoms with Crippen molar-refractivity contribution in [1.29, 1.82) is 0 Å². The van der Waals surface area contributed by atoms with Gasteiger partial charge in [0.1, 0.15) is 5.82 Å². The normalized spacial score (nSPS) is 16.0. The Balaban J connectivity index is 1.81. The third kappa shape index (κ3) is 3.61. The van der Waals surface area contributed by atoms with Gasteiger partial charge in [0.2, 0.25) is 15.9 Å². The zero-order chi connectivity index (χ0) is 19.7. The third-order valence-corrected chi connectivity index (χ3v) is 7.12. The predicted molar refractivity (Wildman–Crippen MR) is 101 cm³/mol. The van der Waals surface area contributed by atoms with E-state index in [0.717, 1.165) is 16.3 Å². The first-order chi connectivity index (χ1) is 12.8. The van der Waals surface area contributed by atoms with Crippen molar-refractivity contribution in [3.05, 3.63) is 65.5 Å². The topological polar surface area (TPSA) is 66.5 Å². The van der Waals surface area contributed by atoms with Crippen LogP contribution >= 0.6 is 0 Å². The van der Waals surface area contributed by atoms with Gasteiger partial charge in [-0.05, 0) is 42.2 Å². The molecular formula is C20H23FN2O3S. The number of benzene rings is 2. The van der Waals surface area contributed by atoms with Gasteiger partial charge in [-0.2, -0.15) is 0 Å². The molecule has 1 fully saturated rings. The Kier molecular flexibility index (Phi) is 5.35. The highest BCUT2D eigenvalue weighted by atomic mass is 32.2. The Morgan fingerprint density at radius 2 is 1.74 bits per heavy atom. The molecule has 0 heterocycles. The molecule has 0 unspecified atom stereocenters. The van der Waals surface area contributed by atoms with Gasteiger partial charge in [-0.25, -0.2) is 17.1 Å². The summed E-state index contributed by atoms with van der Waals surface area (Å²) >= 11 is 0. The Hall–Kier alpha value is -2.25. The fourth-order valence-electron chi connectivity index (χ4n) is 3.39. The number of amides is 1. The summed E-state index contributed by atoms with van der Waals surface area (Å²) in [6.45, 7) is 0.116. The Bertz CT molecular complexity index is 936. The van der Waals surface area contributed by atoms with Crippen molar-refractivity contribution in [2.24, 2.45) is 0 Å². The molecule has 0 spiro atoms. The number of rotatable bonds is 6. The number of carbonyl (C=O) groups is 1. The van der Waals surface area contributed by atoms with Gasteiger partial charge in [-0.15, -0.1) is 0 Å². The lowest BCUT2D eigenvalue weighted by atomic mass is 9.64. The van der Waals surface area contributed by atoms with Crippen LogP contribution in [0.25, 0.3) is 0 Å². The van der Waals surface area contributed by atoms with E-state index in [9.17, 15) is 17.6 Å². The van der Waals surface area contributed by atoms with Gasteiger partial charge in [0.15, 0.2) is 0 Å². The van der Waals surface area contributed by atoms with Crippen molar-refractivity contribution in [1.82, 2.24) is 9.62 Å². The zero-order valence-electron chi connectivity index (χ0n) is 15.4. The van der Waals surface area contributed by atoms with Crippen LogP contribution in [-0.4, -0.2) is 32.7 Å². The van der Waals surface area contributed by atoms with Crippen LogP contribution in [0.4, 0.5) is 4.39 Å². The van der Waals surface area contributed by atoms with Crippen molar-refractivity contribution < 1.29 is 17.6 Å². The molecule has 0 radical (unpaired) electrons. The van der Waals surface area contributed by atoms with E-state index in [4.69, 9.17) is 0 Å². The number of nitrogens with one attached hydrogen (secondary N) is 1. The van der Waals surface area contributed by atoms with Crippen molar-refractivity contribution in [2.75, 3.05) is 14.1 Å². The maximum atomic E-state index is 13.2. The monoisotopic (exact) mass is 390 g/mol. The standard InChI is InChI=1S/C20H23FN2O3S/c1-23(2)27(25,26)18-7-4-3-6-15(18)14-22-19(24)20(12-5-13-20)16-8-10-17(21)11-9-16/h3-4,6-11H,5,12-14H2,1-2H3,(H,22,24). The molecule has 144 valence electrons. The largest absolute Gasteiger partial charge is 0.351 e. The number of hydrogen-bond acceptors (Lipinski definition) is 3. The molecule has 2 aromatic rings. The minimum absolute atomic E-state index is 0.116. The molecule has 0 aliphatic heterocycles. The average molecular weight is 390 g/mol. The second-order valence-corrected chi connectivity index (χ2v) is 9.14. The van der Waals surface area contributed by atoms with E-state index >= 15 is 0 Å². The van der Waals surface area contributed by atoms with E-state index in [-0.39, 0.29) is 23.2 Å². The van der Waals surface area contributed by atoms with Gasteiger partial charge < -0.3 is 5.32 Å². The Morgan fingerprint density at radius 1 is 1.11 bits per heavy atom. The summed E-state index contributed by atoms with van der Waals surface area (Å²) in [4.78, 5) is 13.1. The van der Waals surface area contributed by atoms with Crippen LogP contribution < -0.4 is 5.32 Å². The Morgan fingerprint density at radius 3 is 2.30 bits per heavy atom. The molecule has 0 atom stereocenters. The first-order valence-corrected chi connectivity index (χ1v) is 10.3. The molecule has 1 aliphatic rings. The first kappa shape index (κ1) is 19.5. The summed E-state index contributed by atoms with van der Waals surface area (Å²) in [6.07, 6.45) is 2.32. The summed E-state index contributed by atoms with van der Waals surface area (Å²) in [6, 6.07) is 12.7. The number of halogens is 1.